The van der Waals surface area contributed by atoms with Gasteiger partial charge in [0.05, 0.1) is 6.61 Å². The van der Waals surface area contributed by atoms with Gasteiger partial charge in [0.1, 0.15) is 0 Å². The number of carbonyl (C=O) groups is 1. The molecule has 1 unspecified atom stereocenters. The highest BCUT2D eigenvalue weighted by molar-refractivity contribution is 5.87. The van der Waals surface area contributed by atoms with E-state index in [4.69, 9.17) is 4.74 Å². The van der Waals surface area contributed by atoms with E-state index in [1.807, 2.05) is 18.2 Å². The monoisotopic (exact) mass is 235 g/mol. The first-order valence-corrected chi connectivity index (χ1v) is 6.12. The van der Waals surface area contributed by atoms with Crippen molar-refractivity contribution in [2.45, 2.75) is 19.3 Å². The van der Waals surface area contributed by atoms with Crippen LogP contribution in [0.1, 0.15) is 19.3 Å². The summed E-state index contributed by atoms with van der Waals surface area (Å²) in [7, 11) is 0. The summed E-state index contributed by atoms with van der Waals surface area (Å²) in [5.74, 6) is 0.445. The number of ether oxygens (including phenoxy) is 1. The van der Waals surface area contributed by atoms with Gasteiger partial charge in [0, 0.05) is 25.1 Å². The highest BCUT2D eigenvalue weighted by Gasteiger charge is 2.15. The van der Waals surface area contributed by atoms with Gasteiger partial charge in [-0.1, -0.05) is 24.3 Å². The molecule has 1 rings (SSSR count). The zero-order chi connectivity index (χ0) is 12.3. The fourth-order valence-corrected chi connectivity index (χ4v) is 1.58. The lowest BCUT2D eigenvalue weighted by Gasteiger charge is -2.06. The Labute approximate surface area is 103 Å². The Morgan fingerprint density at radius 2 is 2.29 bits per heavy atom. The Kier molecular flexibility index (Phi) is 7.07. The van der Waals surface area contributed by atoms with Crippen molar-refractivity contribution in [3.05, 3.63) is 37.0 Å². The quantitative estimate of drug-likeness (QED) is 0.318. The van der Waals surface area contributed by atoms with Crippen LogP contribution in [0.5, 0.6) is 0 Å². The number of nitrogens with one attached hydrogen (secondary N) is 1. The topological polar surface area (TPSA) is 38.3 Å². The van der Waals surface area contributed by atoms with E-state index in [0.717, 1.165) is 32.5 Å². The first-order chi connectivity index (χ1) is 8.33. The maximum absolute atomic E-state index is 11.4. The van der Waals surface area contributed by atoms with E-state index in [2.05, 4.69) is 11.9 Å². The number of carbonyl (C=O) groups excluding carboxylic acids is 1. The van der Waals surface area contributed by atoms with Crippen LogP contribution in [0.25, 0.3) is 0 Å². The molecule has 0 aromatic rings. The van der Waals surface area contributed by atoms with Crippen molar-refractivity contribution in [3.63, 3.8) is 0 Å². The third kappa shape index (κ3) is 6.74. The molecule has 1 aliphatic rings. The van der Waals surface area contributed by atoms with Crippen LogP contribution in [0.3, 0.4) is 0 Å². The van der Waals surface area contributed by atoms with Crippen LogP contribution < -0.4 is 5.32 Å². The van der Waals surface area contributed by atoms with E-state index >= 15 is 0 Å². The van der Waals surface area contributed by atoms with Crippen molar-refractivity contribution >= 4 is 5.91 Å². The van der Waals surface area contributed by atoms with Gasteiger partial charge >= 0.3 is 0 Å². The average Bonchev–Trinajstić information content (AvgIpc) is 2.84. The molecule has 3 heteroatoms. The van der Waals surface area contributed by atoms with E-state index in [1.165, 1.54) is 0 Å². The summed E-state index contributed by atoms with van der Waals surface area (Å²) >= 11 is 0. The molecule has 1 saturated heterocycles. The highest BCUT2D eigenvalue weighted by Crippen LogP contribution is 2.10. The zero-order valence-electron chi connectivity index (χ0n) is 10.2. The van der Waals surface area contributed by atoms with Crippen LogP contribution >= 0.6 is 0 Å². The molecule has 17 heavy (non-hydrogen) atoms. The summed E-state index contributed by atoms with van der Waals surface area (Å²) in [6.45, 7) is 5.95. The second-order valence-electron chi connectivity index (χ2n) is 4.13. The highest BCUT2D eigenvalue weighted by atomic mass is 16.5. The Hall–Kier alpha value is -1.35. The van der Waals surface area contributed by atoms with Gasteiger partial charge in [0.15, 0.2) is 0 Å². The smallest absolute Gasteiger partial charge is 0.243 e. The minimum Gasteiger partial charge on any atom is -0.381 e. The van der Waals surface area contributed by atoms with Crippen LogP contribution in [0.15, 0.2) is 37.0 Å². The number of unbranched alkanes of at least 4 members (excludes halogenated alkanes) is 1. The fourth-order valence-electron chi connectivity index (χ4n) is 1.58. The molecule has 0 radical (unpaired) electrons. The zero-order valence-corrected chi connectivity index (χ0v) is 10.2. The Morgan fingerprint density at radius 1 is 1.41 bits per heavy atom. The van der Waals surface area contributed by atoms with Crippen molar-refractivity contribution in [2.24, 2.45) is 5.92 Å². The standard InChI is InChI=1S/C14H21NO2/c1-2-3-4-5-6-7-8-14(16)15-11-13-9-10-17-12-13/h2,5-8,13H,1,3-4,9-12H2,(H,15,16). The van der Waals surface area contributed by atoms with Crippen molar-refractivity contribution in [1.82, 2.24) is 5.32 Å². The molecule has 0 aliphatic carbocycles. The molecule has 94 valence electrons. The maximum Gasteiger partial charge on any atom is 0.243 e. The molecule has 0 bridgehead atoms. The van der Waals surface area contributed by atoms with Gasteiger partial charge in [-0.2, -0.15) is 0 Å². The summed E-state index contributed by atoms with van der Waals surface area (Å²) in [5.41, 5.74) is 0. The summed E-state index contributed by atoms with van der Waals surface area (Å²) in [4.78, 5) is 11.4. The van der Waals surface area contributed by atoms with Gasteiger partial charge in [-0.15, -0.1) is 6.58 Å². The molecule has 1 aliphatic heterocycles. The summed E-state index contributed by atoms with van der Waals surface area (Å²) in [6.07, 6.45) is 12.1. The van der Waals surface area contributed by atoms with Gasteiger partial charge in [0.25, 0.3) is 0 Å². The van der Waals surface area contributed by atoms with Gasteiger partial charge in [-0.3, -0.25) is 4.79 Å². The molecular weight excluding hydrogens is 214 g/mol. The fraction of sp³-hybridized carbons (Fsp3) is 0.500. The van der Waals surface area contributed by atoms with Crippen molar-refractivity contribution < 1.29 is 9.53 Å². The largest absolute Gasteiger partial charge is 0.381 e. The lowest BCUT2D eigenvalue weighted by atomic mass is 10.1. The molecule has 1 amide bonds. The third-order valence-electron chi connectivity index (χ3n) is 2.62. The average molecular weight is 235 g/mol. The van der Waals surface area contributed by atoms with Crippen LogP contribution in [0.2, 0.25) is 0 Å². The maximum atomic E-state index is 11.4. The molecule has 1 fully saturated rings. The lowest BCUT2D eigenvalue weighted by molar-refractivity contribution is -0.116. The van der Waals surface area contributed by atoms with Crippen LogP contribution in [0, 0.1) is 5.92 Å². The van der Waals surface area contributed by atoms with Crippen LogP contribution in [0.4, 0.5) is 0 Å². The second-order valence-corrected chi connectivity index (χ2v) is 4.13. The number of hydrogen-bond donors (Lipinski definition) is 1. The molecule has 1 heterocycles. The molecule has 0 saturated carbocycles. The predicted octanol–water partition coefficient (Wildman–Crippen LogP) is 2.22. The van der Waals surface area contributed by atoms with Crippen LogP contribution in [-0.2, 0) is 9.53 Å². The van der Waals surface area contributed by atoms with Gasteiger partial charge in [-0.25, -0.2) is 0 Å². The van der Waals surface area contributed by atoms with Gasteiger partial charge in [0.2, 0.25) is 5.91 Å². The molecule has 0 spiro atoms. The molecule has 1 N–H and O–H groups in total. The minimum absolute atomic E-state index is 0.0368. The van der Waals surface area contributed by atoms with Crippen molar-refractivity contribution in [1.29, 1.82) is 0 Å². The number of amides is 1. The summed E-state index contributed by atoms with van der Waals surface area (Å²) in [5, 5.41) is 2.87. The Bertz CT molecular complexity index is 289. The predicted molar refractivity (Wildman–Crippen MR) is 69.6 cm³/mol. The van der Waals surface area contributed by atoms with E-state index in [9.17, 15) is 4.79 Å². The van der Waals surface area contributed by atoms with Crippen molar-refractivity contribution in [2.75, 3.05) is 19.8 Å². The summed E-state index contributed by atoms with van der Waals surface area (Å²) in [6, 6.07) is 0. The van der Waals surface area contributed by atoms with E-state index < -0.39 is 0 Å². The van der Waals surface area contributed by atoms with E-state index in [1.54, 1.807) is 12.2 Å². The second kappa shape index (κ2) is 8.76. The van der Waals surface area contributed by atoms with E-state index in [0.29, 0.717) is 12.5 Å². The molecular formula is C14H21NO2. The molecule has 0 aromatic carbocycles. The Balaban J connectivity index is 2.08. The molecule has 3 nitrogen and oxygen atoms in total. The number of hydrogen-bond acceptors (Lipinski definition) is 2. The molecule has 0 aromatic heterocycles. The summed E-state index contributed by atoms with van der Waals surface area (Å²) < 4.78 is 5.24. The first-order valence-electron chi connectivity index (χ1n) is 6.12. The number of rotatable bonds is 7. The van der Waals surface area contributed by atoms with E-state index in [-0.39, 0.29) is 5.91 Å². The molecule has 1 atom stereocenters. The number of allylic oxidation sites excluding steroid dienone is 4. The van der Waals surface area contributed by atoms with Gasteiger partial charge < -0.3 is 10.1 Å². The lowest BCUT2D eigenvalue weighted by Crippen LogP contribution is -2.27. The SMILES string of the molecule is C=CCCC=CC=CC(=O)NCC1CCOC1. The minimum atomic E-state index is -0.0368. The van der Waals surface area contributed by atoms with Crippen molar-refractivity contribution in [3.8, 4) is 0 Å². The Morgan fingerprint density at radius 3 is 3.00 bits per heavy atom. The van der Waals surface area contributed by atoms with Gasteiger partial charge in [-0.05, 0) is 19.3 Å². The first kappa shape index (κ1) is 13.7. The normalized spacial score (nSPS) is 20.1. The third-order valence-corrected chi connectivity index (χ3v) is 2.62. The van der Waals surface area contributed by atoms with Crippen LogP contribution in [-0.4, -0.2) is 25.7 Å².